The smallest absolute Gasteiger partial charge is 0.190 e. The molecule has 4 nitrogen and oxygen atoms in total. The number of nitrogens with zero attached hydrogens (tertiary/aromatic N) is 1. The first-order chi connectivity index (χ1) is 10.3. The number of aryl methyl sites for hydroxylation is 1. The molecule has 1 rings (SSSR count). The van der Waals surface area contributed by atoms with Crippen LogP contribution in [0, 0.1) is 0 Å². The maximum absolute atomic E-state index is 5.24. The van der Waals surface area contributed by atoms with Crippen LogP contribution >= 0.6 is 0 Å². The Morgan fingerprint density at radius 3 is 2.57 bits per heavy atom. The van der Waals surface area contributed by atoms with Gasteiger partial charge < -0.3 is 15.4 Å². The van der Waals surface area contributed by atoms with E-state index in [0.29, 0.717) is 0 Å². The molecule has 0 radical (unpaired) electrons. The summed E-state index contributed by atoms with van der Waals surface area (Å²) in [6.45, 7) is 4.12. The van der Waals surface area contributed by atoms with Crippen molar-refractivity contribution in [2.45, 2.75) is 39.0 Å². The Balaban J connectivity index is 2.19. The van der Waals surface area contributed by atoms with Gasteiger partial charge in [0.25, 0.3) is 0 Å². The zero-order valence-electron chi connectivity index (χ0n) is 13.6. The first kappa shape index (κ1) is 17.3. The Labute approximate surface area is 129 Å². The van der Waals surface area contributed by atoms with Gasteiger partial charge in [0.2, 0.25) is 0 Å². The maximum atomic E-state index is 5.24. The van der Waals surface area contributed by atoms with Crippen molar-refractivity contribution in [3.63, 3.8) is 0 Å². The van der Waals surface area contributed by atoms with Crippen LogP contribution in [-0.4, -0.2) is 33.2 Å². The number of nitrogens with one attached hydrogen (secondary N) is 2. The first-order valence-corrected chi connectivity index (χ1v) is 7.87. The van der Waals surface area contributed by atoms with Crippen molar-refractivity contribution in [1.29, 1.82) is 0 Å². The van der Waals surface area contributed by atoms with E-state index in [1.807, 2.05) is 19.2 Å². The van der Waals surface area contributed by atoms with Crippen LogP contribution in [-0.2, 0) is 6.42 Å². The van der Waals surface area contributed by atoms with Crippen molar-refractivity contribution in [3.8, 4) is 5.75 Å². The number of guanidine groups is 1. The van der Waals surface area contributed by atoms with Crippen molar-refractivity contribution in [3.05, 3.63) is 29.8 Å². The zero-order valence-corrected chi connectivity index (χ0v) is 13.6. The van der Waals surface area contributed by atoms with E-state index in [1.165, 1.54) is 24.8 Å². The maximum Gasteiger partial charge on any atom is 0.190 e. The van der Waals surface area contributed by atoms with Gasteiger partial charge in [0.05, 0.1) is 7.11 Å². The molecule has 0 aromatic heterocycles. The average Bonchev–Trinajstić information content (AvgIpc) is 2.53. The van der Waals surface area contributed by atoms with E-state index in [9.17, 15) is 0 Å². The molecule has 118 valence electrons. The number of hydrogen-bond donors (Lipinski definition) is 2. The fourth-order valence-electron chi connectivity index (χ4n) is 2.13. The van der Waals surface area contributed by atoms with Crippen LogP contribution in [0.15, 0.2) is 29.3 Å². The number of hydrogen-bond acceptors (Lipinski definition) is 2. The molecular formula is C17H29N3O. The summed E-state index contributed by atoms with van der Waals surface area (Å²) in [5.41, 5.74) is 1.31. The zero-order chi connectivity index (χ0) is 15.3. The lowest BCUT2D eigenvalue weighted by Crippen LogP contribution is -2.38. The van der Waals surface area contributed by atoms with E-state index in [4.69, 9.17) is 4.74 Å². The topological polar surface area (TPSA) is 45.7 Å². The van der Waals surface area contributed by atoms with Crippen molar-refractivity contribution < 1.29 is 4.74 Å². The van der Waals surface area contributed by atoms with Gasteiger partial charge in [0.1, 0.15) is 5.75 Å². The van der Waals surface area contributed by atoms with Crippen molar-refractivity contribution in [1.82, 2.24) is 10.6 Å². The Hall–Kier alpha value is -1.71. The van der Waals surface area contributed by atoms with Gasteiger partial charge in [-0.3, -0.25) is 4.99 Å². The fourth-order valence-corrected chi connectivity index (χ4v) is 2.13. The SMILES string of the molecule is CCCCCNC(=NC)NCCCc1cccc(OC)c1. The normalized spacial score (nSPS) is 11.3. The summed E-state index contributed by atoms with van der Waals surface area (Å²) in [7, 11) is 3.52. The monoisotopic (exact) mass is 291 g/mol. The highest BCUT2D eigenvalue weighted by atomic mass is 16.5. The summed E-state index contributed by atoms with van der Waals surface area (Å²) in [5, 5.41) is 6.69. The molecule has 21 heavy (non-hydrogen) atoms. The Morgan fingerprint density at radius 2 is 1.90 bits per heavy atom. The summed E-state index contributed by atoms with van der Waals surface area (Å²) in [5.74, 6) is 1.82. The largest absolute Gasteiger partial charge is 0.497 e. The minimum absolute atomic E-state index is 0.900. The van der Waals surface area contributed by atoms with Gasteiger partial charge in [-0.05, 0) is 37.0 Å². The molecule has 0 aliphatic heterocycles. The third-order valence-electron chi connectivity index (χ3n) is 3.37. The molecule has 0 aliphatic rings. The van der Waals surface area contributed by atoms with Crippen molar-refractivity contribution >= 4 is 5.96 Å². The van der Waals surface area contributed by atoms with E-state index in [-0.39, 0.29) is 0 Å². The van der Waals surface area contributed by atoms with Gasteiger partial charge in [0, 0.05) is 20.1 Å². The molecule has 0 saturated heterocycles. The van der Waals surface area contributed by atoms with E-state index < -0.39 is 0 Å². The van der Waals surface area contributed by atoms with Crippen LogP contribution in [0.4, 0.5) is 0 Å². The lowest BCUT2D eigenvalue weighted by molar-refractivity contribution is 0.414. The molecule has 4 heteroatoms. The summed E-state index contributed by atoms with van der Waals surface area (Å²) < 4.78 is 5.24. The van der Waals surface area contributed by atoms with E-state index in [1.54, 1.807) is 7.11 Å². The van der Waals surface area contributed by atoms with Crippen LogP contribution in [0.1, 0.15) is 38.2 Å². The highest BCUT2D eigenvalue weighted by Crippen LogP contribution is 2.13. The van der Waals surface area contributed by atoms with Crippen LogP contribution in [0.5, 0.6) is 5.75 Å². The second-order valence-corrected chi connectivity index (χ2v) is 5.09. The van der Waals surface area contributed by atoms with Gasteiger partial charge in [-0.25, -0.2) is 0 Å². The Bertz CT molecular complexity index is 418. The molecule has 0 bridgehead atoms. The third-order valence-corrected chi connectivity index (χ3v) is 3.37. The molecular weight excluding hydrogens is 262 g/mol. The molecule has 0 amide bonds. The number of benzene rings is 1. The highest BCUT2D eigenvalue weighted by Gasteiger charge is 1.98. The summed E-state index contributed by atoms with van der Waals surface area (Å²) in [6.07, 6.45) is 5.81. The molecule has 1 aromatic carbocycles. The predicted molar refractivity (Wildman–Crippen MR) is 90.2 cm³/mol. The van der Waals surface area contributed by atoms with Gasteiger partial charge in [-0.1, -0.05) is 31.9 Å². The van der Waals surface area contributed by atoms with Crippen molar-refractivity contribution in [2.24, 2.45) is 4.99 Å². The first-order valence-electron chi connectivity index (χ1n) is 7.87. The van der Waals surface area contributed by atoms with Gasteiger partial charge in [-0.2, -0.15) is 0 Å². The van der Waals surface area contributed by atoms with E-state index in [2.05, 4.69) is 34.7 Å². The molecule has 1 aromatic rings. The fraction of sp³-hybridized carbons (Fsp3) is 0.588. The van der Waals surface area contributed by atoms with Gasteiger partial charge >= 0.3 is 0 Å². The molecule has 0 saturated carbocycles. The highest BCUT2D eigenvalue weighted by molar-refractivity contribution is 5.79. The summed E-state index contributed by atoms with van der Waals surface area (Å²) in [4.78, 5) is 4.23. The van der Waals surface area contributed by atoms with Crippen molar-refractivity contribution in [2.75, 3.05) is 27.2 Å². The van der Waals surface area contributed by atoms with Crippen LogP contribution < -0.4 is 15.4 Å². The predicted octanol–water partition coefficient (Wildman–Crippen LogP) is 2.98. The Morgan fingerprint density at radius 1 is 1.14 bits per heavy atom. The minimum atomic E-state index is 0.900. The second kappa shape index (κ2) is 11.0. The lowest BCUT2D eigenvalue weighted by atomic mass is 10.1. The Kier molecular flexibility index (Phi) is 9.09. The number of methoxy groups -OCH3 is 1. The third kappa shape index (κ3) is 7.59. The van der Waals surface area contributed by atoms with Crippen LogP contribution in [0.25, 0.3) is 0 Å². The average molecular weight is 291 g/mol. The number of rotatable bonds is 9. The molecule has 0 aliphatic carbocycles. The van der Waals surface area contributed by atoms with Crippen LogP contribution in [0.3, 0.4) is 0 Å². The summed E-state index contributed by atoms with van der Waals surface area (Å²) in [6, 6.07) is 8.25. The minimum Gasteiger partial charge on any atom is -0.497 e. The van der Waals surface area contributed by atoms with E-state index >= 15 is 0 Å². The number of ether oxygens (including phenoxy) is 1. The number of aliphatic imine (C=N–C) groups is 1. The summed E-state index contributed by atoms with van der Waals surface area (Å²) >= 11 is 0. The quantitative estimate of drug-likeness (QED) is 0.418. The van der Waals surface area contributed by atoms with Gasteiger partial charge in [0.15, 0.2) is 5.96 Å². The molecule has 0 fully saturated rings. The molecule has 0 unspecified atom stereocenters. The standard InChI is InChI=1S/C17H29N3O/c1-4-5-6-12-19-17(18-2)20-13-8-10-15-9-7-11-16(14-15)21-3/h7,9,11,14H,4-6,8,10,12-13H2,1-3H3,(H2,18,19,20). The molecule has 2 N–H and O–H groups in total. The lowest BCUT2D eigenvalue weighted by Gasteiger charge is -2.11. The second-order valence-electron chi connectivity index (χ2n) is 5.09. The molecule has 0 heterocycles. The van der Waals surface area contributed by atoms with E-state index in [0.717, 1.165) is 37.6 Å². The molecule has 0 atom stereocenters. The van der Waals surface area contributed by atoms with Gasteiger partial charge in [-0.15, -0.1) is 0 Å². The number of unbranched alkanes of at least 4 members (excludes halogenated alkanes) is 2. The van der Waals surface area contributed by atoms with Crippen LogP contribution in [0.2, 0.25) is 0 Å². The molecule has 0 spiro atoms.